The molecule has 0 radical (unpaired) electrons. The Hall–Kier alpha value is -1.75. The van der Waals surface area contributed by atoms with Crippen LogP contribution in [0.2, 0.25) is 0 Å². The smallest absolute Gasteiger partial charge is 0.220 e. The van der Waals surface area contributed by atoms with Crippen molar-refractivity contribution in [1.29, 1.82) is 0 Å². The molecule has 5 nitrogen and oxygen atoms in total. The number of amides is 1. The van der Waals surface area contributed by atoms with Gasteiger partial charge in [-0.05, 0) is 19.0 Å². The van der Waals surface area contributed by atoms with Gasteiger partial charge in [0.25, 0.3) is 0 Å². The third kappa shape index (κ3) is 5.93. The second kappa shape index (κ2) is 9.20. The Morgan fingerprint density at radius 2 is 2.05 bits per heavy atom. The lowest BCUT2D eigenvalue weighted by molar-refractivity contribution is -0.118. The van der Waals surface area contributed by atoms with E-state index in [2.05, 4.69) is 12.2 Å². The number of rotatable bonds is 10. The molecule has 0 atom stereocenters. The molecule has 0 aliphatic carbocycles. The van der Waals surface area contributed by atoms with Gasteiger partial charge in [-0.3, -0.25) is 4.79 Å². The van der Waals surface area contributed by atoms with Crippen LogP contribution in [0.15, 0.2) is 18.2 Å². The van der Waals surface area contributed by atoms with E-state index in [1.165, 1.54) is 0 Å². The Morgan fingerprint density at radius 1 is 1.25 bits per heavy atom. The fraction of sp³-hybridized carbons (Fsp3) is 0.533. The molecule has 20 heavy (non-hydrogen) atoms. The standard InChI is InChI=1S/C15H24N2O3/c1-3-8-19-13-6-5-12(11-17-4-2)14(10-13)20-9-7-15(16)18/h5-6,10,17H,3-4,7-9,11H2,1-2H3,(H2,16,18). The van der Waals surface area contributed by atoms with Gasteiger partial charge in [-0.15, -0.1) is 0 Å². The lowest BCUT2D eigenvalue weighted by Gasteiger charge is -2.13. The van der Waals surface area contributed by atoms with Gasteiger partial charge in [-0.1, -0.05) is 19.9 Å². The maximum absolute atomic E-state index is 10.8. The molecule has 112 valence electrons. The molecule has 0 heterocycles. The zero-order valence-corrected chi connectivity index (χ0v) is 12.3. The summed E-state index contributed by atoms with van der Waals surface area (Å²) < 4.78 is 11.2. The van der Waals surface area contributed by atoms with E-state index in [1.54, 1.807) is 0 Å². The number of benzene rings is 1. The molecule has 1 aromatic rings. The summed E-state index contributed by atoms with van der Waals surface area (Å²) >= 11 is 0. The Labute approximate surface area is 120 Å². The number of nitrogens with two attached hydrogens (primary N) is 1. The minimum Gasteiger partial charge on any atom is -0.493 e. The third-order valence-corrected chi connectivity index (χ3v) is 2.68. The van der Waals surface area contributed by atoms with Crippen LogP contribution < -0.4 is 20.5 Å². The van der Waals surface area contributed by atoms with Crippen LogP contribution in [0.25, 0.3) is 0 Å². The van der Waals surface area contributed by atoms with Crippen molar-refractivity contribution in [3.8, 4) is 11.5 Å². The Kier molecular flexibility index (Phi) is 7.50. The summed E-state index contributed by atoms with van der Waals surface area (Å²) in [6, 6.07) is 5.78. The van der Waals surface area contributed by atoms with E-state index < -0.39 is 0 Å². The monoisotopic (exact) mass is 280 g/mol. The molecule has 5 heteroatoms. The van der Waals surface area contributed by atoms with Crippen LogP contribution in [-0.2, 0) is 11.3 Å². The Bertz CT molecular complexity index is 422. The number of hydrogen-bond donors (Lipinski definition) is 2. The molecule has 1 aromatic carbocycles. The summed E-state index contributed by atoms with van der Waals surface area (Å²) in [5.41, 5.74) is 6.16. The largest absolute Gasteiger partial charge is 0.493 e. The molecule has 1 rings (SSSR count). The first-order valence-electron chi connectivity index (χ1n) is 7.04. The van der Waals surface area contributed by atoms with Gasteiger partial charge in [0, 0.05) is 18.2 Å². The van der Waals surface area contributed by atoms with Gasteiger partial charge in [0.1, 0.15) is 11.5 Å². The predicted molar refractivity (Wildman–Crippen MR) is 78.9 cm³/mol. The van der Waals surface area contributed by atoms with E-state index in [1.807, 2.05) is 25.1 Å². The summed E-state index contributed by atoms with van der Waals surface area (Å²) in [5, 5.41) is 3.25. The zero-order chi connectivity index (χ0) is 14.8. The summed E-state index contributed by atoms with van der Waals surface area (Å²) in [6.07, 6.45) is 1.16. The highest BCUT2D eigenvalue weighted by Gasteiger charge is 2.07. The van der Waals surface area contributed by atoms with Crippen molar-refractivity contribution in [3.05, 3.63) is 23.8 Å². The second-order valence-corrected chi connectivity index (χ2v) is 4.46. The summed E-state index contributed by atoms with van der Waals surface area (Å²) in [6.45, 7) is 6.67. The molecular weight excluding hydrogens is 256 g/mol. The first kappa shape index (κ1) is 16.3. The zero-order valence-electron chi connectivity index (χ0n) is 12.3. The van der Waals surface area contributed by atoms with Crippen molar-refractivity contribution in [2.24, 2.45) is 5.73 Å². The lowest BCUT2D eigenvalue weighted by Crippen LogP contribution is -2.16. The number of primary amides is 1. The van der Waals surface area contributed by atoms with Crippen LogP contribution in [0.5, 0.6) is 11.5 Å². The normalized spacial score (nSPS) is 10.3. The van der Waals surface area contributed by atoms with E-state index in [-0.39, 0.29) is 18.9 Å². The van der Waals surface area contributed by atoms with Crippen LogP contribution in [0, 0.1) is 0 Å². The first-order valence-corrected chi connectivity index (χ1v) is 7.04. The highest BCUT2D eigenvalue weighted by Crippen LogP contribution is 2.25. The van der Waals surface area contributed by atoms with E-state index in [9.17, 15) is 4.79 Å². The first-order chi connectivity index (χ1) is 9.67. The average molecular weight is 280 g/mol. The van der Waals surface area contributed by atoms with Gasteiger partial charge >= 0.3 is 0 Å². The topological polar surface area (TPSA) is 73.6 Å². The molecular formula is C15H24N2O3. The van der Waals surface area contributed by atoms with Gasteiger partial charge in [-0.2, -0.15) is 0 Å². The van der Waals surface area contributed by atoms with Gasteiger partial charge in [-0.25, -0.2) is 0 Å². The van der Waals surface area contributed by atoms with E-state index in [0.717, 1.165) is 36.6 Å². The van der Waals surface area contributed by atoms with Crippen LogP contribution in [-0.4, -0.2) is 25.7 Å². The van der Waals surface area contributed by atoms with Gasteiger partial charge in [0.05, 0.1) is 19.6 Å². The molecule has 0 saturated heterocycles. The SMILES string of the molecule is CCCOc1ccc(CNCC)c(OCCC(N)=O)c1. The van der Waals surface area contributed by atoms with Crippen molar-refractivity contribution in [3.63, 3.8) is 0 Å². The van der Waals surface area contributed by atoms with Crippen molar-refractivity contribution >= 4 is 5.91 Å². The second-order valence-electron chi connectivity index (χ2n) is 4.46. The van der Waals surface area contributed by atoms with Gasteiger partial charge in [0.2, 0.25) is 5.91 Å². The van der Waals surface area contributed by atoms with Crippen LogP contribution in [0.1, 0.15) is 32.3 Å². The van der Waals surface area contributed by atoms with E-state index >= 15 is 0 Å². The van der Waals surface area contributed by atoms with Crippen LogP contribution in [0.3, 0.4) is 0 Å². The molecule has 0 unspecified atom stereocenters. The maximum Gasteiger partial charge on any atom is 0.220 e. The molecule has 0 aliphatic rings. The fourth-order valence-corrected chi connectivity index (χ4v) is 1.65. The Balaban J connectivity index is 2.73. The number of nitrogens with one attached hydrogen (secondary N) is 1. The van der Waals surface area contributed by atoms with Crippen molar-refractivity contribution in [2.45, 2.75) is 33.2 Å². The lowest BCUT2D eigenvalue weighted by atomic mass is 10.2. The third-order valence-electron chi connectivity index (χ3n) is 2.68. The molecule has 0 bridgehead atoms. The minimum absolute atomic E-state index is 0.209. The fourth-order valence-electron chi connectivity index (χ4n) is 1.65. The molecule has 0 fully saturated rings. The Morgan fingerprint density at radius 3 is 2.70 bits per heavy atom. The van der Waals surface area contributed by atoms with Crippen molar-refractivity contribution in [2.75, 3.05) is 19.8 Å². The highest BCUT2D eigenvalue weighted by atomic mass is 16.5. The molecule has 0 aliphatic heterocycles. The van der Waals surface area contributed by atoms with Crippen LogP contribution in [0.4, 0.5) is 0 Å². The number of carbonyl (C=O) groups excluding carboxylic acids is 1. The quantitative estimate of drug-likeness (QED) is 0.686. The number of hydrogen-bond acceptors (Lipinski definition) is 4. The minimum atomic E-state index is -0.364. The summed E-state index contributed by atoms with van der Waals surface area (Å²) in [7, 11) is 0. The molecule has 0 spiro atoms. The number of ether oxygens (including phenoxy) is 2. The summed E-state index contributed by atoms with van der Waals surface area (Å²) in [4.78, 5) is 10.8. The predicted octanol–water partition coefficient (Wildman–Crippen LogP) is 1.84. The van der Waals surface area contributed by atoms with E-state index in [4.69, 9.17) is 15.2 Å². The molecule has 1 amide bonds. The van der Waals surface area contributed by atoms with Crippen LogP contribution >= 0.6 is 0 Å². The van der Waals surface area contributed by atoms with Gasteiger partial charge < -0.3 is 20.5 Å². The highest BCUT2D eigenvalue weighted by molar-refractivity contribution is 5.73. The van der Waals surface area contributed by atoms with Gasteiger partial charge in [0.15, 0.2) is 0 Å². The molecule has 0 aromatic heterocycles. The number of carbonyl (C=O) groups is 1. The molecule has 3 N–H and O–H groups in total. The van der Waals surface area contributed by atoms with Crippen molar-refractivity contribution < 1.29 is 14.3 Å². The summed E-state index contributed by atoms with van der Waals surface area (Å²) in [5.74, 6) is 1.15. The molecule has 0 saturated carbocycles. The van der Waals surface area contributed by atoms with E-state index in [0.29, 0.717) is 6.61 Å². The maximum atomic E-state index is 10.8. The van der Waals surface area contributed by atoms with Crippen molar-refractivity contribution in [1.82, 2.24) is 5.32 Å². The average Bonchev–Trinajstić information content (AvgIpc) is 2.43.